The summed E-state index contributed by atoms with van der Waals surface area (Å²) in [6.07, 6.45) is 1.26. The molecule has 2 rings (SSSR count). The molecule has 3 heteroatoms. The number of nitrogens with zero attached hydrogens (tertiary/aromatic N) is 2. The van der Waals surface area contributed by atoms with Gasteiger partial charge in [0.15, 0.2) is 0 Å². The Balaban J connectivity index is 2.32. The third kappa shape index (κ3) is 2.42. The van der Waals surface area contributed by atoms with Crippen molar-refractivity contribution in [1.29, 1.82) is 5.26 Å². The predicted molar refractivity (Wildman–Crippen MR) is 68.0 cm³/mol. The number of anilines is 1. The number of ether oxygens (including phenoxy) is 1. The van der Waals surface area contributed by atoms with Crippen LogP contribution in [0.15, 0.2) is 24.3 Å². The van der Waals surface area contributed by atoms with Gasteiger partial charge in [0.05, 0.1) is 30.0 Å². The number of nitriles is 1. The van der Waals surface area contributed by atoms with Crippen LogP contribution >= 0.6 is 0 Å². The van der Waals surface area contributed by atoms with E-state index in [9.17, 15) is 0 Å². The molecule has 0 amide bonds. The molecule has 17 heavy (non-hydrogen) atoms. The van der Waals surface area contributed by atoms with E-state index < -0.39 is 0 Å². The van der Waals surface area contributed by atoms with Crippen molar-refractivity contribution in [2.75, 3.05) is 18.1 Å². The lowest BCUT2D eigenvalue weighted by Crippen LogP contribution is -2.49. The molecule has 1 saturated heterocycles. The van der Waals surface area contributed by atoms with Crippen LogP contribution in [0.4, 0.5) is 5.69 Å². The van der Waals surface area contributed by atoms with Crippen LogP contribution in [0.1, 0.15) is 25.8 Å². The van der Waals surface area contributed by atoms with E-state index in [0.717, 1.165) is 30.8 Å². The van der Waals surface area contributed by atoms with Crippen molar-refractivity contribution in [3.05, 3.63) is 29.8 Å². The topological polar surface area (TPSA) is 36.3 Å². The minimum Gasteiger partial charge on any atom is -0.375 e. The standard InChI is InChI=1S/C14H18N2O/c1-3-13-10-17-11(2)9-16(13)14-7-5-4-6-12(14)8-15/h4-7,11,13H,3,9-10H2,1-2H3. The lowest BCUT2D eigenvalue weighted by molar-refractivity contribution is 0.0299. The molecule has 90 valence electrons. The van der Waals surface area contributed by atoms with E-state index in [0.29, 0.717) is 6.04 Å². The summed E-state index contributed by atoms with van der Waals surface area (Å²) < 4.78 is 5.68. The van der Waals surface area contributed by atoms with Crippen molar-refractivity contribution in [2.24, 2.45) is 0 Å². The summed E-state index contributed by atoms with van der Waals surface area (Å²) in [5.74, 6) is 0. The van der Waals surface area contributed by atoms with Crippen LogP contribution in [0.2, 0.25) is 0 Å². The van der Waals surface area contributed by atoms with Gasteiger partial charge in [0.25, 0.3) is 0 Å². The lowest BCUT2D eigenvalue weighted by atomic mass is 10.1. The maximum Gasteiger partial charge on any atom is 0.101 e. The zero-order valence-electron chi connectivity index (χ0n) is 10.4. The van der Waals surface area contributed by atoms with Crippen molar-refractivity contribution >= 4 is 5.69 Å². The average molecular weight is 230 g/mol. The molecule has 0 aliphatic carbocycles. The van der Waals surface area contributed by atoms with Gasteiger partial charge in [-0.2, -0.15) is 5.26 Å². The summed E-state index contributed by atoms with van der Waals surface area (Å²) >= 11 is 0. The molecule has 1 aromatic rings. The van der Waals surface area contributed by atoms with Crippen molar-refractivity contribution < 1.29 is 4.74 Å². The molecule has 0 radical (unpaired) electrons. The Morgan fingerprint density at radius 2 is 2.24 bits per heavy atom. The number of hydrogen-bond acceptors (Lipinski definition) is 3. The third-order valence-corrected chi connectivity index (χ3v) is 3.27. The van der Waals surface area contributed by atoms with Crippen LogP contribution in [-0.4, -0.2) is 25.3 Å². The summed E-state index contributed by atoms with van der Waals surface area (Å²) in [5.41, 5.74) is 1.79. The van der Waals surface area contributed by atoms with Gasteiger partial charge in [0.2, 0.25) is 0 Å². The molecule has 2 atom stereocenters. The molecule has 0 saturated carbocycles. The quantitative estimate of drug-likeness (QED) is 0.783. The number of hydrogen-bond donors (Lipinski definition) is 0. The Hall–Kier alpha value is -1.53. The van der Waals surface area contributed by atoms with Crippen LogP contribution in [0.25, 0.3) is 0 Å². The van der Waals surface area contributed by atoms with Crippen molar-refractivity contribution in [1.82, 2.24) is 0 Å². The van der Waals surface area contributed by atoms with E-state index in [1.807, 2.05) is 24.3 Å². The maximum absolute atomic E-state index is 9.17. The molecule has 0 bridgehead atoms. The first-order chi connectivity index (χ1) is 8.26. The van der Waals surface area contributed by atoms with Gasteiger partial charge in [-0.15, -0.1) is 0 Å². The van der Waals surface area contributed by atoms with Gasteiger partial charge in [0.1, 0.15) is 6.07 Å². The molecule has 1 aliphatic rings. The zero-order valence-corrected chi connectivity index (χ0v) is 10.4. The van der Waals surface area contributed by atoms with Gasteiger partial charge in [-0.05, 0) is 25.5 Å². The zero-order chi connectivity index (χ0) is 12.3. The van der Waals surface area contributed by atoms with E-state index in [1.165, 1.54) is 0 Å². The second kappa shape index (κ2) is 5.20. The predicted octanol–water partition coefficient (Wildman–Crippen LogP) is 2.56. The van der Waals surface area contributed by atoms with E-state index in [4.69, 9.17) is 10.00 Å². The molecule has 1 heterocycles. The Morgan fingerprint density at radius 3 is 2.94 bits per heavy atom. The monoisotopic (exact) mass is 230 g/mol. The first kappa shape index (κ1) is 11.9. The first-order valence-corrected chi connectivity index (χ1v) is 6.13. The molecule has 0 spiro atoms. The summed E-state index contributed by atoms with van der Waals surface area (Å²) in [7, 11) is 0. The first-order valence-electron chi connectivity index (χ1n) is 6.13. The van der Waals surface area contributed by atoms with Gasteiger partial charge in [-0.1, -0.05) is 19.1 Å². The van der Waals surface area contributed by atoms with Gasteiger partial charge in [-0.25, -0.2) is 0 Å². The van der Waals surface area contributed by atoms with Crippen LogP contribution in [0.5, 0.6) is 0 Å². The van der Waals surface area contributed by atoms with Crippen LogP contribution in [0.3, 0.4) is 0 Å². The second-order valence-corrected chi connectivity index (χ2v) is 4.49. The van der Waals surface area contributed by atoms with E-state index in [-0.39, 0.29) is 6.10 Å². The highest BCUT2D eigenvalue weighted by atomic mass is 16.5. The van der Waals surface area contributed by atoms with Gasteiger partial charge < -0.3 is 9.64 Å². The third-order valence-electron chi connectivity index (χ3n) is 3.27. The Kier molecular flexibility index (Phi) is 3.65. The molecule has 0 N–H and O–H groups in total. The average Bonchev–Trinajstić information content (AvgIpc) is 2.38. The molecule has 1 aliphatic heterocycles. The number of benzene rings is 1. The Morgan fingerprint density at radius 1 is 1.47 bits per heavy atom. The van der Waals surface area contributed by atoms with Crippen molar-refractivity contribution in [2.45, 2.75) is 32.4 Å². The molecule has 1 fully saturated rings. The van der Waals surface area contributed by atoms with Gasteiger partial charge >= 0.3 is 0 Å². The van der Waals surface area contributed by atoms with Crippen LogP contribution < -0.4 is 4.90 Å². The van der Waals surface area contributed by atoms with Crippen molar-refractivity contribution in [3.8, 4) is 6.07 Å². The summed E-state index contributed by atoms with van der Waals surface area (Å²) in [6, 6.07) is 10.4. The summed E-state index contributed by atoms with van der Waals surface area (Å²) in [5, 5.41) is 9.17. The fourth-order valence-electron chi connectivity index (χ4n) is 2.30. The van der Waals surface area contributed by atoms with Crippen LogP contribution in [0, 0.1) is 11.3 Å². The Labute approximate surface area is 103 Å². The summed E-state index contributed by atoms with van der Waals surface area (Å²) in [6.45, 7) is 5.84. The normalized spacial score (nSPS) is 24.4. The minimum absolute atomic E-state index is 0.226. The molecular weight excluding hydrogens is 212 g/mol. The molecule has 0 aromatic heterocycles. The number of para-hydroxylation sites is 1. The van der Waals surface area contributed by atoms with Gasteiger partial charge in [0, 0.05) is 6.54 Å². The fourth-order valence-corrected chi connectivity index (χ4v) is 2.30. The molecule has 2 unspecified atom stereocenters. The van der Waals surface area contributed by atoms with Gasteiger partial charge in [-0.3, -0.25) is 0 Å². The second-order valence-electron chi connectivity index (χ2n) is 4.49. The van der Waals surface area contributed by atoms with E-state index in [2.05, 4.69) is 24.8 Å². The highest BCUT2D eigenvalue weighted by Crippen LogP contribution is 2.26. The molecule has 3 nitrogen and oxygen atoms in total. The fraction of sp³-hybridized carbons (Fsp3) is 0.500. The highest BCUT2D eigenvalue weighted by molar-refractivity contribution is 5.60. The highest BCUT2D eigenvalue weighted by Gasteiger charge is 2.26. The SMILES string of the molecule is CCC1COC(C)CN1c1ccccc1C#N. The maximum atomic E-state index is 9.17. The van der Waals surface area contributed by atoms with Crippen LogP contribution in [-0.2, 0) is 4.74 Å². The largest absolute Gasteiger partial charge is 0.375 e. The molecule has 1 aromatic carbocycles. The van der Waals surface area contributed by atoms with E-state index >= 15 is 0 Å². The number of morpholine rings is 1. The number of rotatable bonds is 2. The molecular formula is C14H18N2O. The smallest absolute Gasteiger partial charge is 0.101 e. The van der Waals surface area contributed by atoms with E-state index in [1.54, 1.807) is 0 Å². The Bertz CT molecular complexity index is 424. The summed E-state index contributed by atoms with van der Waals surface area (Å²) in [4.78, 5) is 2.31. The minimum atomic E-state index is 0.226. The lowest BCUT2D eigenvalue weighted by Gasteiger charge is -2.40. The van der Waals surface area contributed by atoms with Crippen molar-refractivity contribution in [3.63, 3.8) is 0 Å².